The summed E-state index contributed by atoms with van der Waals surface area (Å²) in [6.07, 6.45) is 3.27. The van der Waals surface area contributed by atoms with Gasteiger partial charge in [-0.05, 0) is 84.7 Å². The van der Waals surface area contributed by atoms with Crippen LogP contribution in [0, 0.1) is 19.8 Å². The van der Waals surface area contributed by atoms with E-state index in [0.29, 0.717) is 5.92 Å². The van der Waals surface area contributed by atoms with E-state index in [1.807, 2.05) is 0 Å². The summed E-state index contributed by atoms with van der Waals surface area (Å²) in [5.41, 5.74) is 6.08. The van der Waals surface area contributed by atoms with Gasteiger partial charge in [-0.3, -0.25) is 4.79 Å². The standard InChI is InChI=1S/C28H32N2O/c1-20-15-26-11-14-30(28(31)27(26)16-21(20)2)19-23-10-13-29(18-23)12-9-22-7-8-24-5-3-4-6-25(24)17-22/h3-8,15-17,23H,9-14,18-19H2,1-2H3. The lowest BCUT2D eigenvalue weighted by Gasteiger charge is -2.31. The van der Waals surface area contributed by atoms with Crippen LogP contribution in [0.15, 0.2) is 54.6 Å². The number of aryl methyl sites for hydroxylation is 2. The quantitative estimate of drug-likeness (QED) is 0.587. The number of likely N-dealkylation sites (tertiary alicyclic amines) is 1. The molecule has 160 valence electrons. The van der Waals surface area contributed by atoms with Crippen LogP contribution in [-0.2, 0) is 12.8 Å². The maximum absolute atomic E-state index is 13.1. The van der Waals surface area contributed by atoms with E-state index in [-0.39, 0.29) is 5.91 Å². The van der Waals surface area contributed by atoms with Crippen molar-refractivity contribution >= 4 is 16.7 Å². The number of fused-ring (bicyclic) bond motifs is 2. The van der Waals surface area contributed by atoms with Crippen molar-refractivity contribution in [2.45, 2.75) is 33.1 Å². The van der Waals surface area contributed by atoms with Crippen LogP contribution in [0.5, 0.6) is 0 Å². The fourth-order valence-corrected chi connectivity index (χ4v) is 5.24. The summed E-state index contributed by atoms with van der Waals surface area (Å²) in [6, 6.07) is 19.7. The molecule has 3 aromatic rings. The summed E-state index contributed by atoms with van der Waals surface area (Å²) in [7, 11) is 0. The molecule has 1 unspecified atom stereocenters. The van der Waals surface area contributed by atoms with Crippen LogP contribution in [0.3, 0.4) is 0 Å². The first-order valence-corrected chi connectivity index (χ1v) is 11.7. The normalized spacial score (nSPS) is 19.2. The van der Waals surface area contributed by atoms with E-state index in [9.17, 15) is 4.79 Å². The summed E-state index contributed by atoms with van der Waals surface area (Å²) in [5, 5.41) is 2.64. The largest absolute Gasteiger partial charge is 0.338 e. The van der Waals surface area contributed by atoms with Crippen LogP contribution in [0.4, 0.5) is 0 Å². The molecular weight excluding hydrogens is 380 g/mol. The number of amides is 1. The van der Waals surface area contributed by atoms with Gasteiger partial charge in [0.1, 0.15) is 0 Å². The molecule has 1 saturated heterocycles. The number of hydrogen-bond acceptors (Lipinski definition) is 2. The molecule has 0 N–H and O–H groups in total. The number of benzene rings is 3. The lowest BCUT2D eigenvalue weighted by atomic mass is 9.93. The molecule has 1 atom stereocenters. The zero-order chi connectivity index (χ0) is 21.4. The van der Waals surface area contributed by atoms with Crippen LogP contribution in [0.2, 0.25) is 0 Å². The van der Waals surface area contributed by atoms with E-state index >= 15 is 0 Å². The third-order valence-electron chi connectivity index (χ3n) is 7.27. The SMILES string of the molecule is Cc1cc2c(cc1C)C(=O)N(CC1CCN(CCc3ccc4ccccc4c3)C1)CC2. The molecule has 1 fully saturated rings. The Morgan fingerprint density at radius 1 is 0.935 bits per heavy atom. The smallest absolute Gasteiger partial charge is 0.254 e. The number of hydrogen-bond donors (Lipinski definition) is 0. The predicted molar refractivity (Wildman–Crippen MR) is 128 cm³/mol. The fraction of sp³-hybridized carbons (Fsp3) is 0.393. The van der Waals surface area contributed by atoms with Crippen molar-refractivity contribution < 1.29 is 4.79 Å². The summed E-state index contributed by atoms with van der Waals surface area (Å²) in [6.45, 7) is 9.36. The summed E-state index contributed by atoms with van der Waals surface area (Å²) < 4.78 is 0. The van der Waals surface area contributed by atoms with Crippen molar-refractivity contribution in [1.29, 1.82) is 0 Å². The van der Waals surface area contributed by atoms with Gasteiger partial charge in [0.25, 0.3) is 5.91 Å². The molecular formula is C28H32N2O. The number of carbonyl (C=O) groups is 1. The number of nitrogens with zero attached hydrogens (tertiary/aromatic N) is 2. The zero-order valence-corrected chi connectivity index (χ0v) is 18.7. The van der Waals surface area contributed by atoms with Gasteiger partial charge in [-0.1, -0.05) is 48.5 Å². The third kappa shape index (κ3) is 4.24. The second-order valence-electron chi connectivity index (χ2n) is 9.48. The number of carbonyl (C=O) groups excluding carboxylic acids is 1. The zero-order valence-electron chi connectivity index (χ0n) is 18.7. The predicted octanol–water partition coefficient (Wildman–Crippen LogP) is 5.02. The lowest BCUT2D eigenvalue weighted by Crippen LogP contribution is -2.41. The molecule has 3 aromatic carbocycles. The van der Waals surface area contributed by atoms with Gasteiger partial charge in [0.05, 0.1) is 0 Å². The summed E-state index contributed by atoms with van der Waals surface area (Å²) in [4.78, 5) is 17.8. The minimum Gasteiger partial charge on any atom is -0.338 e. The Morgan fingerprint density at radius 2 is 1.74 bits per heavy atom. The first kappa shape index (κ1) is 20.3. The number of rotatable bonds is 5. The maximum atomic E-state index is 13.1. The van der Waals surface area contributed by atoms with Gasteiger partial charge in [0.2, 0.25) is 0 Å². The third-order valence-corrected chi connectivity index (χ3v) is 7.27. The Balaban J connectivity index is 1.16. The molecule has 3 nitrogen and oxygen atoms in total. The topological polar surface area (TPSA) is 23.6 Å². The van der Waals surface area contributed by atoms with E-state index in [4.69, 9.17) is 0 Å². The van der Waals surface area contributed by atoms with Gasteiger partial charge < -0.3 is 9.80 Å². The molecule has 0 radical (unpaired) electrons. The van der Waals surface area contributed by atoms with Gasteiger partial charge in [-0.2, -0.15) is 0 Å². The second kappa shape index (κ2) is 8.47. The van der Waals surface area contributed by atoms with Crippen LogP contribution in [0.25, 0.3) is 10.8 Å². The fourth-order valence-electron chi connectivity index (χ4n) is 5.24. The molecule has 0 bridgehead atoms. The molecule has 1 amide bonds. The average molecular weight is 413 g/mol. The van der Waals surface area contributed by atoms with Crippen LogP contribution in [0.1, 0.15) is 39.0 Å². The first-order chi connectivity index (χ1) is 15.1. The van der Waals surface area contributed by atoms with Crippen molar-refractivity contribution in [2.24, 2.45) is 5.92 Å². The highest BCUT2D eigenvalue weighted by Gasteiger charge is 2.30. The molecule has 3 heteroatoms. The minimum atomic E-state index is 0.235. The first-order valence-electron chi connectivity index (χ1n) is 11.7. The molecule has 0 aromatic heterocycles. The molecule has 31 heavy (non-hydrogen) atoms. The highest BCUT2D eigenvalue weighted by molar-refractivity contribution is 5.97. The van der Waals surface area contributed by atoms with Crippen molar-refractivity contribution in [3.63, 3.8) is 0 Å². The van der Waals surface area contributed by atoms with Crippen LogP contribution >= 0.6 is 0 Å². The molecule has 5 rings (SSSR count). The Labute approximate surface area is 185 Å². The van der Waals surface area contributed by atoms with E-state index < -0.39 is 0 Å². The highest BCUT2D eigenvalue weighted by Crippen LogP contribution is 2.26. The van der Waals surface area contributed by atoms with Crippen molar-refractivity contribution in [3.8, 4) is 0 Å². The average Bonchev–Trinajstić information content (AvgIpc) is 3.23. The molecule has 0 saturated carbocycles. The van der Waals surface area contributed by atoms with E-state index in [1.54, 1.807) is 0 Å². The maximum Gasteiger partial charge on any atom is 0.254 e. The molecule has 2 heterocycles. The van der Waals surface area contributed by atoms with Crippen molar-refractivity contribution in [1.82, 2.24) is 9.80 Å². The van der Waals surface area contributed by atoms with Crippen LogP contribution in [-0.4, -0.2) is 48.4 Å². The Bertz CT molecular complexity index is 1120. The van der Waals surface area contributed by atoms with Gasteiger partial charge in [-0.15, -0.1) is 0 Å². The Morgan fingerprint density at radius 3 is 2.61 bits per heavy atom. The monoisotopic (exact) mass is 412 g/mol. The lowest BCUT2D eigenvalue weighted by molar-refractivity contribution is 0.0712. The Hall–Kier alpha value is -2.65. The van der Waals surface area contributed by atoms with Gasteiger partial charge >= 0.3 is 0 Å². The van der Waals surface area contributed by atoms with E-state index in [0.717, 1.165) is 51.1 Å². The van der Waals surface area contributed by atoms with Crippen molar-refractivity contribution in [2.75, 3.05) is 32.7 Å². The van der Waals surface area contributed by atoms with Crippen molar-refractivity contribution in [3.05, 3.63) is 82.4 Å². The molecule has 2 aliphatic rings. The van der Waals surface area contributed by atoms with Gasteiger partial charge in [0, 0.05) is 31.7 Å². The Kier molecular flexibility index (Phi) is 5.54. The van der Waals surface area contributed by atoms with E-state index in [2.05, 4.69) is 78.2 Å². The second-order valence-corrected chi connectivity index (χ2v) is 9.48. The van der Waals surface area contributed by atoms with Gasteiger partial charge in [0.15, 0.2) is 0 Å². The molecule has 0 aliphatic carbocycles. The van der Waals surface area contributed by atoms with Crippen LogP contribution < -0.4 is 0 Å². The summed E-state index contributed by atoms with van der Waals surface area (Å²) >= 11 is 0. The highest BCUT2D eigenvalue weighted by atomic mass is 16.2. The molecule has 2 aliphatic heterocycles. The minimum absolute atomic E-state index is 0.235. The van der Waals surface area contributed by atoms with E-state index in [1.165, 1.54) is 39.4 Å². The summed E-state index contributed by atoms with van der Waals surface area (Å²) in [5.74, 6) is 0.826. The van der Waals surface area contributed by atoms with Gasteiger partial charge in [-0.25, -0.2) is 0 Å². The molecule has 0 spiro atoms.